The molecule has 1 aliphatic carbocycles. The molecule has 1 aromatic rings. The van der Waals surface area contributed by atoms with Gasteiger partial charge in [-0.15, -0.1) is 0 Å². The third-order valence-corrected chi connectivity index (χ3v) is 6.59. The van der Waals surface area contributed by atoms with Crippen LogP contribution in [0.25, 0.3) is 0 Å². The van der Waals surface area contributed by atoms with Gasteiger partial charge in [0.1, 0.15) is 12.3 Å². The first-order valence-electron chi connectivity index (χ1n) is 8.45. The maximum absolute atomic E-state index is 11.0. The number of hydrogen-bond donors (Lipinski definition) is 2. The van der Waals surface area contributed by atoms with Crippen molar-refractivity contribution in [3.63, 3.8) is 0 Å². The quantitative estimate of drug-likeness (QED) is 0.714. The fourth-order valence-electron chi connectivity index (χ4n) is 5.60. The standard InChI is InChI=1S/C17H19NO6/c1-21-14-11-7(4-9-13(14)23-6-22-9)17-2-3-18(16(11)20)10(17)5-8(19)12-15(17)24-12/h4,8,10,12,15-16,19-20H,2-3,5-6H2,1H3/t8-,10-,12+,15+,16?,17+/m1/s1. The van der Waals surface area contributed by atoms with E-state index >= 15 is 0 Å². The number of methoxy groups -OCH3 is 1. The lowest BCUT2D eigenvalue weighted by molar-refractivity contribution is -0.0511. The number of fused-ring (bicyclic) bond motifs is 3. The number of aliphatic hydroxyl groups excluding tert-OH is 2. The van der Waals surface area contributed by atoms with Crippen molar-refractivity contribution >= 4 is 0 Å². The van der Waals surface area contributed by atoms with Crippen LogP contribution in [0.1, 0.15) is 30.2 Å². The van der Waals surface area contributed by atoms with Gasteiger partial charge in [0, 0.05) is 23.6 Å². The zero-order chi connectivity index (χ0) is 16.2. The fourth-order valence-corrected chi connectivity index (χ4v) is 5.60. The van der Waals surface area contributed by atoms with Crippen molar-refractivity contribution in [2.75, 3.05) is 20.4 Å². The van der Waals surface area contributed by atoms with Crippen molar-refractivity contribution in [1.82, 2.24) is 4.90 Å². The Morgan fingerprint density at radius 3 is 3.04 bits per heavy atom. The van der Waals surface area contributed by atoms with Crippen LogP contribution in [-0.4, -0.2) is 59.9 Å². The highest BCUT2D eigenvalue weighted by atomic mass is 16.7. The van der Waals surface area contributed by atoms with E-state index in [0.717, 1.165) is 24.1 Å². The van der Waals surface area contributed by atoms with Gasteiger partial charge in [-0.2, -0.15) is 0 Å². The van der Waals surface area contributed by atoms with Gasteiger partial charge in [0.25, 0.3) is 0 Å². The Labute approximate surface area is 138 Å². The molecule has 1 aromatic carbocycles. The van der Waals surface area contributed by atoms with Crippen molar-refractivity contribution < 1.29 is 29.2 Å². The second kappa shape index (κ2) is 4.16. The summed E-state index contributed by atoms with van der Waals surface area (Å²) in [6.45, 7) is 0.932. The molecule has 0 amide bonds. The predicted octanol–water partition coefficient (Wildman–Crippen LogP) is 0.272. The summed E-state index contributed by atoms with van der Waals surface area (Å²) in [6.07, 6.45) is 0.187. The van der Waals surface area contributed by atoms with E-state index in [4.69, 9.17) is 18.9 Å². The minimum Gasteiger partial charge on any atom is -0.492 e. The topological polar surface area (TPSA) is 83.9 Å². The molecule has 0 aromatic heterocycles. The lowest BCUT2D eigenvalue weighted by Gasteiger charge is -2.48. The number of nitrogens with zero attached hydrogens (tertiary/aromatic N) is 1. The van der Waals surface area contributed by atoms with Crippen LogP contribution in [0.2, 0.25) is 0 Å². The van der Waals surface area contributed by atoms with E-state index in [1.54, 1.807) is 7.11 Å². The zero-order valence-electron chi connectivity index (χ0n) is 13.3. The van der Waals surface area contributed by atoms with Crippen molar-refractivity contribution in [3.05, 3.63) is 17.2 Å². The Morgan fingerprint density at radius 2 is 2.21 bits per heavy atom. The molecule has 4 heterocycles. The summed E-state index contributed by atoms with van der Waals surface area (Å²) in [4.78, 5) is 2.08. The molecule has 7 atom stereocenters. The first kappa shape index (κ1) is 13.7. The van der Waals surface area contributed by atoms with Gasteiger partial charge in [0.05, 0.1) is 19.3 Å². The van der Waals surface area contributed by atoms with E-state index < -0.39 is 12.3 Å². The summed E-state index contributed by atoms with van der Waals surface area (Å²) in [7, 11) is 1.59. The zero-order valence-corrected chi connectivity index (χ0v) is 13.3. The van der Waals surface area contributed by atoms with E-state index in [0.29, 0.717) is 23.7 Å². The van der Waals surface area contributed by atoms with Crippen molar-refractivity contribution in [1.29, 1.82) is 0 Å². The van der Waals surface area contributed by atoms with Crippen LogP contribution in [0.4, 0.5) is 0 Å². The van der Waals surface area contributed by atoms with Crippen molar-refractivity contribution in [2.24, 2.45) is 0 Å². The van der Waals surface area contributed by atoms with Crippen LogP contribution in [0.3, 0.4) is 0 Å². The highest BCUT2D eigenvalue weighted by Crippen LogP contribution is 2.64. The Balaban J connectivity index is 1.64. The summed E-state index contributed by atoms with van der Waals surface area (Å²) in [5.74, 6) is 1.78. The Bertz CT molecular complexity index is 753. The molecular weight excluding hydrogens is 314 g/mol. The Hall–Kier alpha value is -1.54. The smallest absolute Gasteiger partial charge is 0.231 e. The third-order valence-electron chi connectivity index (χ3n) is 6.59. The predicted molar refractivity (Wildman–Crippen MR) is 80.2 cm³/mol. The second-order valence-electron chi connectivity index (χ2n) is 7.35. The molecule has 5 aliphatic rings. The molecule has 128 valence electrons. The van der Waals surface area contributed by atoms with Crippen LogP contribution in [0, 0.1) is 0 Å². The third kappa shape index (κ3) is 1.33. The van der Waals surface area contributed by atoms with Gasteiger partial charge in [-0.05, 0) is 24.5 Å². The molecule has 2 N–H and O–H groups in total. The normalized spacial score (nSPS) is 46.1. The number of aliphatic hydroxyl groups is 2. The highest BCUT2D eigenvalue weighted by Gasteiger charge is 2.71. The summed E-state index contributed by atoms with van der Waals surface area (Å²) in [6, 6.07) is 2.07. The van der Waals surface area contributed by atoms with Gasteiger partial charge in [0.2, 0.25) is 12.5 Å². The average molecular weight is 333 g/mol. The maximum Gasteiger partial charge on any atom is 0.231 e. The molecule has 7 nitrogen and oxygen atoms in total. The molecule has 6 rings (SSSR count). The molecule has 2 unspecified atom stereocenters. The van der Waals surface area contributed by atoms with Crippen LogP contribution >= 0.6 is 0 Å². The van der Waals surface area contributed by atoms with Gasteiger partial charge in [-0.25, -0.2) is 0 Å². The molecule has 4 aliphatic heterocycles. The molecule has 2 saturated heterocycles. The molecule has 0 radical (unpaired) electrons. The Morgan fingerprint density at radius 1 is 1.33 bits per heavy atom. The average Bonchev–Trinajstić information content (AvgIpc) is 3.15. The van der Waals surface area contributed by atoms with Crippen LogP contribution in [0.15, 0.2) is 6.07 Å². The summed E-state index contributed by atoms with van der Waals surface area (Å²) in [5, 5.41) is 21.3. The largest absolute Gasteiger partial charge is 0.492 e. The summed E-state index contributed by atoms with van der Waals surface area (Å²) >= 11 is 0. The number of benzene rings is 1. The number of rotatable bonds is 1. The lowest BCUT2D eigenvalue weighted by atomic mass is 9.62. The number of hydrogen-bond acceptors (Lipinski definition) is 7. The summed E-state index contributed by atoms with van der Waals surface area (Å²) < 4.78 is 22.7. The van der Waals surface area contributed by atoms with Crippen LogP contribution in [-0.2, 0) is 10.2 Å². The highest BCUT2D eigenvalue weighted by molar-refractivity contribution is 5.65. The van der Waals surface area contributed by atoms with Gasteiger partial charge in [-0.1, -0.05) is 0 Å². The molecule has 2 bridgehead atoms. The number of epoxide rings is 1. The lowest BCUT2D eigenvalue weighted by Crippen LogP contribution is -2.57. The first-order chi connectivity index (χ1) is 11.7. The van der Waals surface area contributed by atoms with Crippen LogP contribution < -0.4 is 14.2 Å². The second-order valence-corrected chi connectivity index (χ2v) is 7.35. The van der Waals surface area contributed by atoms with E-state index in [2.05, 4.69) is 4.90 Å². The van der Waals surface area contributed by atoms with Gasteiger partial charge in [-0.3, -0.25) is 4.90 Å². The van der Waals surface area contributed by atoms with E-state index in [-0.39, 0.29) is 30.5 Å². The monoisotopic (exact) mass is 333 g/mol. The van der Waals surface area contributed by atoms with E-state index in [9.17, 15) is 10.2 Å². The minimum atomic E-state index is -0.771. The van der Waals surface area contributed by atoms with Gasteiger partial charge < -0.3 is 29.2 Å². The molecule has 1 saturated carbocycles. The van der Waals surface area contributed by atoms with Gasteiger partial charge >= 0.3 is 0 Å². The molecule has 3 fully saturated rings. The van der Waals surface area contributed by atoms with E-state index in [1.165, 1.54) is 0 Å². The molecule has 0 spiro atoms. The van der Waals surface area contributed by atoms with E-state index in [1.807, 2.05) is 6.07 Å². The minimum absolute atomic E-state index is 0.00687. The fraction of sp³-hybridized carbons (Fsp3) is 0.647. The molecule has 7 heteroatoms. The number of ether oxygens (including phenoxy) is 4. The Kier molecular flexibility index (Phi) is 2.38. The van der Waals surface area contributed by atoms with Gasteiger partial charge in [0.15, 0.2) is 11.5 Å². The van der Waals surface area contributed by atoms with Crippen molar-refractivity contribution in [3.8, 4) is 17.2 Å². The van der Waals surface area contributed by atoms with Crippen molar-refractivity contribution in [2.45, 2.75) is 48.8 Å². The van der Waals surface area contributed by atoms with Crippen LogP contribution in [0.5, 0.6) is 17.2 Å². The maximum atomic E-state index is 11.0. The molecule has 24 heavy (non-hydrogen) atoms. The molecular formula is C17H19NO6. The SMILES string of the molecule is COc1c2c(cc3c1C(O)N1CC[C@]34[C@H]3O[C@H]3[C@H](O)C[C@@H]14)OCO2. The first-order valence-corrected chi connectivity index (χ1v) is 8.45. The summed E-state index contributed by atoms with van der Waals surface area (Å²) in [5.41, 5.74) is 1.59.